The van der Waals surface area contributed by atoms with Crippen LogP contribution in [-0.4, -0.2) is 44.0 Å². The van der Waals surface area contributed by atoms with Gasteiger partial charge in [0.05, 0.1) is 13.5 Å². The van der Waals surface area contributed by atoms with E-state index in [0.29, 0.717) is 0 Å². The van der Waals surface area contributed by atoms with Crippen molar-refractivity contribution in [3.8, 4) is 11.1 Å². The SMILES string of the molecule is Cn1nnc([C@@H](CC(=O)O)NC(=O)OCC2c3ccccc3-c3ccccc32)n1. The maximum atomic E-state index is 12.4. The fraction of sp³-hybridized carbons (Fsp3) is 0.250. The summed E-state index contributed by atoms with van der Waals surface area (Å²) in [5, 5.41) is 23.1. The summed E-state index contributed by atoms with van der Waals surface area (Å²) in [6.07, 6.45) is -1.11. The largest absolute Gasteiger partial charge is 0.481 e. The van der Waals surface area contributed by atoms with Gasteiger partial charge in [-0.15, -0.1) is 10.2 Å². The number of alkyl carbamates (subject to hydrolysis) is 1. The number of carboxylic acid groups (broad SMARTS) is 1. The first-order chi connectivity index (χ1) is 14.0. The Hall–Kier alpha value is -3.75. The average molecular weight is 393 g/mol. The molecule has 29 heavy (non-hydrogen) atoms. The Kier molecular flexibility index (Phi) is 4.94. The van der Waals surface area contributed by atoms with Crippen molar-refractivity contribution in [3.05, 3.63) is 65.5 Å². The van der Waals surface area contributed by atoms with E-state index in [0.717, 1.165) is 22.3 Å². The quantitative estimate of drug-likeness (QED) is 0.659. The molecule has 0 unspecified atom stereocenters. The summed E-state index contributed by atoms with van der Waals surface area (Å²) in [4.78, 5) is 24.7. The second kappa shape index (κ2) is 7.70. The molecule has 4 rings (SSSR count). The summed E-state index contributed by atoms with van der Waals surface area (Å²) in [5.74, 6) is -1.06. The smallest absolute Gasteiger partial charge is 0.407 e. The van der Waals surface area contributed by atoms with Gasteiger partial charge in [0.2, 0.25) is 0 Å². The Labute approximate surface area is 166 Å². The molecule has 0 radical (unpaired) electrons. The Morgan fingerprint density at radius 3 is 2.31 bits per heavy atom. The molecule has 0 aliphatic heterocycles. The first-order valence-corrected chi connectivity index (χ1v) is 9.10. The van der Waals surface area contributed by atoms with Gasteiger partial charge in [0.15, 0.2) is 5.82 Å². The first kappa shape index (κ1) is 18.6. The number of ether oxygens (including phenoxy) is 1. The second-order valence-corrected chi connectivity index (χ2v) is 6.76. The normalized spacial score (nSPS) is 13.4. The number of aryl methyl sites for hydroxylation is 1. The van der Waals surface area contributed by atoms with Crippen LogP contribution in [0.2, 0.25) is 0 Å². The molecule has 2 N–H and O–H groups in total. The summed E-state index contributed by atoms with van der Waals surface area (Å²) in [6.45, 7) is 0.132. The molecule has 1 heterocycles. The van der Waals surface area contributed by atoms with E-state index in [1.807, 2.05) is 36.4 Å². The Morgan fingerprint density at radius 1 is 1.14 bits per heavy atom. The molecular weight excluding hydrogens is 374 g/mol. The van der Waals surface area contributed by atoms with Crippen molar-refractivity contribution in [1.82, 2.24) is 25.5 Å². The average Bonchev–Trinajstić information content (AvgIpc) is 3.27. The molecule has 9 heteroatoms. The Morgan fingerprint density at radius 2 is 1.76 bits per heavy atom. The van der Waals surface area contributed by atoms with E-state index in [1.54, 1.807) is 7.05 Å². The summed E-state index contributed by atoms with van der Waals surface area (Å²) in [5.41, 5.74) is 4.45. The maximum absolute atomic E-state index is 12.4. The molecular formula is C20H19N5O4. The van der Waals surface area contributed by atoms with Gasteiger partial charge >= 0.3 is 12.1 Å². The molecule has 1 aliphatic carbocycles. The van der Waals surface area contributed by atoms with Crippen LogP contribution in [0.3, 0.4) is 0 Å². The van der Waals surface area contributed by atoms with Crippen LogP contribution in [0.5, 0.6) is 0 Å². The zero-order valence-corrected chi connectivity index (χ0v) is 15.6. The zero-order valence-electron chi connectivity index (χ0n) is 15.6. The number of tetrazole rings is 1. The predicted octanol–water partition coefficient (Wildman–Crippen LogP) is 2.26. The van der Waals surface area contributed by atoms with Gasteiger partial charge in [-0.3, -0.25) is 4.79 Å². The third kappa shape index (κ3) is 3.79. The van der Waals surface area contributed by atoms with Crippen molar-refractivity contribution in [2.75, 3.05) is 6.61 Å². The second-order valence-electron chi connectivity index (χ2n) is 6.76. The lowest BCUT2D eigenvalue weighted by atomic mass is 9.98. The monoisotopic (exact) mass is 393 g/mol. The number of benzene rings is 2. The Bertz CT molecular complexity index is 1020. The minimum absolute atomic E-state index is 0.0827. The predicted molar refractivity (Wildman–Crippen MR) is 102 cm³/mol. The van der Waals surface area contributed by atoms with E-state index in [-0.39, 0.29) is 24.8 Å². The molecule has 0 fully saturated rings. The van der Waals surface area contributed by atoms with Gasteiger partial charge < -0.3 is 15.2 Å². The highest BCUT2D eigenvalue weighted by Crippen LogP contribution is 2.44. The third-order valence-electron chi connectivity index (χ3n) is 4.85. The number of rotatable bonds is 6. The lowest BCUT2D eigenvalue weighted by molar-refractivity contribution is -0.137. The van der Waals surface area contributed by atoms with Crippen LogP contribution in [0.15, 0.2) is 48.5 Å². The van der Waals surface area contributed by atoms with Crippen LogP contribution in [0.1, 0.15) is 35.3 Å². The highest BCUT2D eigenvalue weighted by Gasteiger charge is 2.30. The van der Waals surface area contributed by atoms with Crippen molar-refractivity contribution in [3.63, 3.8) is 0 Å². The standard InChI is InChI=1S/C20H19N5O4/c1-25-23-19(22-24-25)17(10-18(26)27)21-20(28)29-11-16-14-8-4-2-6-12(14)13-7-3-5-9-15(13)16/h2-9,16-17H,10-11H2,1H3,(H,21,28)(H,26,27)/t17-/m1/s1. The number of carbonyl (C=O) groups excluding carboxylic acids is 1. The van der Waals surface area contributed by atoms with Crippen LogP contribution in [-0.2, 0) is 16.6 Å². The molecule has 148 valence electrons. The molecule has 0 spiro atoms. The van der Waals surface area contributed by atoms with Gasteiger partial charge in [-0.1, -0.05) is 48.5 Å². The maximum Gasteiger partial charge on any atom is 0.407 e. The minimum Gasteiger partial charge on any atom is -0.481 e. The molecule has 1 aromatic heterocycles. The number of aliphatic carboxylic acids is 1. The van der Waals surface area contributed by atoms with Crippen molar-refractivity contribution >= 4 is 12.1 Å². The Balaban J connectivity index is 1.47. The molecule has 1 aliphatic rings. The van der Waals surface area contributed by atoms with E-state index < -0.39 is 18.1 Å². The number of amides is 1. The number of nitrogens with zero attached hydrogens (tertiary/aromatic N) is 4. The molecule has 0 bridgehead atoms. The fourth-order valence-corrected chi connectivity index (χ4v) is 3.60. The fourth-order valence-electron chi connectivity index (χ4n) is 3.60. The number of aromatic nitrogens is 4. The van der Waals surface area contributed by atoms with E-state index in [2.05, 4.69) is 32.9 Å². The number of carbonyl (C=O) groups is 2. The molecule has 9 nitrogen and oxygen atoms in total. The number of nitrogens with one attached hydrogen (secondary N) is 1. The number of fused-ring (bicyclic) bond motifs is 3. The molecule has 0 saturated heterocycles. The van der Waals surface area contributed by atoms with Crippen LogP contribution < -0.4 is 5.32 Å². The van der Waals surface area contributed by atoms with E-state index in [9.17, 15) is 9.59 Å². The highest BCUT2D eigenvalue weighted by atomic mass is 16.5. The lowest BCUT2D eigenvalue weighted by Gasteiger charge is -2.17. The summed E-state index contributed by atoms with van der Waals surface area (Å²) >= 11 is 0. The summed E-state index contributed by atoms with van der Waals surface area (Å²) < 4.78 is 5.45. The van der Waals surface area contributed by atoms with Gasteiger partial charge in [-0.05, 0) is 27.5 Å². The van der Waals surface area contributed by atoms with E-state index >= 15 is 0 Å². The third-order valence-corrected chi connectivity index (χ3v) is 4.85. The highest BCUT2D eigenvalue weighted by molar-refractivity contribution is 5.79. The van der Waals surface area contributed by atoms with E-state index in [4.69, 9.17) is 9.84 Å². The molecule has 3 aromatic rings. The minimum atomic E-state index is -1.10. The zero-order chi connectivity index (χ0) is 20.4. The summed E-state index contributed by atoms with van der Waals surface area (Å²) in [7, 11) is 1.56. The van der Waals surface area contributed by atoms with E-state index in [1.165, 1.54) is 4.80 Å². The van der Waals surface area contributed by atoms with Crippen molar-refractivity contribution < 1.29 is 19.4 Å². The van der Waals surface area contributed by atoms with Crippen LogP contribution in [0.25, 0.3) is 11.1 Å². The van der Waals surface area contributed by atoms with Crippen molar-refractivity contribution in [2.24, 2.45) is 7.05 Å². The van der Waals surface area contributed by atoms with Gasteiger partial charge in [0.1, 0.15) is 12.6 Å². The van der Waals surface area contributed by atoms with Crippen molar-refractivity contribution in [2.45, 2.75) is 18.4 Å². The summed E-state index contributed by atoms with van der Waals surface area (Å²) in [6, 6.07) is 15.1. The van der Waals surface area contributed by atoms with Gasteiger partial charge in [0.25, 0.3) is 0 Å². The molecule has 1 atom stereocenters. The topological polar surface area (TPSA) is 119 Å². The lowest BCUT2D eigenvalue weighted by Crippen LogP contribution is -2.32. The molecule has 1 amide bonds. The van der Waals surface area contributed by atoms with Crippen molar-refractivity contribution in [1.29, 1.82) is 0 Å². The number of carboxylic acids is 1. The first-order valence-electron chi connectivity index (χ1n) is 9.10. The van der Waals surface area contributed by atoms with Gasteiger partial charge in [-0.25, -0.2) is 4.79 Å². The van der Waals surface area contributed by atoms with Gasteiger partial charge in [0, 0.05) is 5.92 Å². The molecule has 0 saturated carbocycles. The van der Waals surface area contributed by atoms with Crippen LogP contribution >= 0.6 is 0 Å². The van der Waals surface area contributed by atoms with Crippen LogP contribution in [0, 0.1) is 0 Å². The van der Waals surface area contributed by atoms with Gasteiger partial charge in [-0.2, -0.15) is 4.80 Å². The number of hydrogen-bond donors (Lipinski definition) is 2. The van der Waals surface area contributed by atoms with Crippen LogP contribution in [0.4, 0.5) is 4.79 Å². The molecule has 2 aromatic carbocycles. The number of hydrogen-bond acceptors (Lipinski definition) is 6.